The maximum Gasteiger partial charge on any atom is 0.339 e. The molecule has 24 heavy (non-hydrogen) atoms. The van der Waals surface area contributed by atoms with Crippen molar-refractivity contribution in [1.29, 1.82) is 0 Å². The van der Waals surface area contributed by atoms with Crippen LogP contribution in [0.4, 0.5) is 0 Å². The normalized spacial score (nSPS) is 29.3. The molecular formula is C14H20O10. The van der Waals surface area contributed by atoms with E-state index >= 15 is 0 Å². The lowest BCUT2D eigenvalue weighted by Crippen LogP contribution is -2.63. The van der Waals surface area contributed by atoms with Gasteiger partial charge in [0.1, 0.15) is 6.10 Å². The monoisotopic (exact) mass is 348 g/mol. The third-order valence-electron chi connectivity index (χ3n) is 3.09. The SMILES string of the molecule is COC(=O)[C@@H]1O[C@@H](OC(C)=O)[C@H](OC(C)=O)[C@@H](OC)[C@@H]1OC(C)=O. The molecule has 0 spiro atoms. The number of carbonyl (C=O) groups excluding carboxylic acids is 4. The van der Waals surface area contributed by atoms with E-state index in [1.54, 1.807) is 0 Å². The van der Waals surface area contributed by atoms with Crippen LogP contribution in [0.5, 0.6) is 0 Å². The molecule has 5 atom stereocenters. The molecule has 0 aromatic heterocycles. The van der Waals surface area contributed by atoms with Crippen LogP contribution in [-0.4, -0.2) is 68.8 Å². The Hall–Kier alpha value is -2.20. The molecule has 0 bridgehead atoms. The van der Waals surface area contributed by atoms with Crippen molar-refractivity contribution in [1.82, 2.24) is 0 Å². The largest absolute Gasteiger partial charge is 0.467 e. The van der Waals surface area contributed by atoms with E-state index in [1.807, 2.05) is 0 Å². The highest BCUT2D eigenvalue weighted by Crippen LogP contribution is 2.29. The molecule has 0 N–H and O–H groups in total. The predicted molar refractivity (Wildman–Crippen MR) is 74.3 cm³/mol. The van der Waals surface area contributed by atoms with Crippen LogP contribution >= 0.6 is 0 Å². The first-order valence-corrected chi connectivity index (χ1v) is 6.99. The summed E-state index contributed by atoms with van der Waals surface area (Å²) in [6.45, 7) is 3.37. The van der Waals surface area contributed by atoms with Crippen molar-refractivity contribution >= 4 is 23.9 Å². The van der Waals surface area contributed by atoms with Gasteiger partial charge >= 0.3 is 23.9 Å². The molecule has 136 valence electrons. The van der Waals surface area contributed by atoms with Gasteiger partial charge < -0.3 is 28.4 Å². The summed E-state index contributed by atoms with van der Waals surface area (Å²) < 4.78 is 30.3. The van der Waals surface area contributed by atoms with Gasteiger partial charge in [-0.25, -0.2) is 4.79 Å². The molecule has 1 heterocycles. The highest BCUT2D eigenvalue weighted by Gasteiger charge is 2.54. The molecule has 1 fully saturated rings. The minimum absolute atomic E-state index is 0.708. The Morgan fingerprint density at radius 1 is 0.750 bits per heavy atom. The van der Waals surface area contributed by atoms with Gasteiger partial charge in [0.2, 0.25) is 6.29 Å². The van der Waals surface area contributed by atoms with E-state index in [-0.39, 0.29) is 0 Å². The number of methoxy groups -OCH3 is 2. The van der Waals surface area contributed by atoms with Crippen LogP contribution in [-0.2, 0) is 47.6 Å². The first-order chi connectivity index (χ1) is 11.2. The summed E-state index contributed by atoms with van der Waals surface area (Å²) in [7, 11) is 2.36. The molecule has 1 saturated heterocycles. The first kappa shape index (κ1) is 19.8. The zero-order chi connectivity index (χ0) is 18.4. The van der Waals surface area contributed by atoms with E-state index in [0.29, 0.717) is 0 Å². The van der Waals surface area contributed by atoms with Crippen molar-refractivity contribution in [2.75, 3.05) is 14.2 Å². The van der Waals surface area contributed by atoms with Crippen LogP contribution < -0.4 is 0 Å². The van der Waals surface area contributed by atoms with Crippen molar-refractivity contribution in [3.8, 4) is 0 Å². The van der Waals surface area contributed by atoms with E-state index in [9.17, 15) is 19.2 Å². The molecule has 10 heteroatoms. The van der Waals surface area contributed by atoms with E-state index in [0.717, 1.165) is 27.9 Å². The van der Waals surface area contributed by atoms with Gasteiger partial charge in [0.05, 0.1) is 7.11 Å². The van der Waals surface area contributed by atoms with Gasteiger partial charge in [-0.1, -0.05) is 0 Å². The topological polar surface area (TPSA) is 124 Å². The molecule has 0 unspecified atom stereocenters. The van der Waals surface area contributed by atoms with Gasteiger partial charge in [-0.2, -0.15) is 0 Å². The molecule has 0 saturated carbocycles. The molecule has 0 aromatic rings. The van der Waals surface area contributed by atoms with Crippen molar-refractivity contribution < 1.29 is 47.6 Å². The maximum atomic E-state index is 11.9. The predicted octanol–water partition coefficient (Wildman–Crippen LogP) is -0.674. The Morgan fingerprint density at radius 2 is 1.25 bits per heavy atom. The van der Waals surface area contributed by atoms with Crippen molar-refractivity contribution in [2.24, 2.45) is 0 Å². The van der Waals surface area contributed by atoms with Gasteiger partial charge in [0.15, 0.2) is 18.3 Å². The van der Waals surface area contributed by atoms with Gasteiger partial charge in [0, 0.05) is 27.9 Å². The Bertz CT molecular complexity index is 502. The number of hydrogen-bond acceptors (Lipinski definition) is 10. The average Bonchev–Trinajstić information content (AvgIpc) is 2.47. The molecule has 0 amide bonds. The van der Waals surface area contributed by atoms with Crippen molar-refractivity contribution in [2.45, 2.75) is 51.5 Å². The molecule has 0 aliphatic carbocycles. The van der Waals surface area contributed by atoms with Crippen LogP contribution in [0.25, 0.3) is 0 Å². The maximum absolute atomic E-state index is 11.9. The molecular weight excluding hydrogens is 328 g/mol. The summed E-state index contributed by atoms with van der Waals surface area (Å²) >= 11 is 0. The standard InChI is InChI=1S/C14H20O10/c1-6(15)21-10-9(19-4)12(22-7(2)16)14(23-8(3)17)24-11(10)13(18)20-5/h9-12,14H,1-5H3/t9-,10-,11+,12+,14+/m0/s1. The third-order valence-corrected chi connectivity index (χ3v) is 3.09. The smallest absolute Gasteiger partial charge is 0.339 e. The fourth-order valence-corrected chi connectivity index (χ4v) is 2.28. The van der Waals surface area contributed by atoms with Crippen LogP contribution in [0, 0.1) is 0 Å². The van der Waals surface area contributed by atoms with Gasteiger partial charge in [-0.3, -0.25) is 14.4 Å². The highest BCUT2D eigenvalue weighted by molar-refractivity contribution is 5.77. The zero-order valence-corrected chi connectivity index (χ0v) is 14.0. The van der Waals surface area contributed by atoms with Crippen molar-refractivity contribution in [3.05, 3.63) is 0 Å². The second-order valence-electron chi connectivity index (χ2n) is 4.91. The fourth-order valence-electron chi connectivity index (χ4n) is 2.28. The summed E-state index contributed by atoms with van der Waals surface area (Å²) in [5.41, 5.74) is 0. The van der Waals surface area contributed by atoms with E-state index in [4.69, 9.17) is 23.7 Å². The Labute approximate surface area is 138 Å². The van der Waals surface area contributed by atoms with E-state index in [2.05, 4.69) is 4.74 Å². The lowest BCUT2D eigenvalue weighted by atomic mass is 9.98. The van der Waals surface area contributed by atoms with E-state index in [1.165, 1.54) is 7.11 Å². The number of ether oxygens (including phenoxy) is 6. The summed E-state index contributed by atoms with van der Waals surface area (Å²) in [6.07, 6.45) is -6.51. The molecule has 0 aromatic carbocycles. The van der Waals surface area contributed by atoms with Gasteiger partial charge in [-0.05, 0) is 0 Å². The molecule has 0 radical (unpaired) electrons. The quantitative estimate of drug-likeness (QED) is 0.466. The molecule has 10 nitrogen and oxygen atoms in total. The summed E-state index contributed by atoms with van der Waals surface area (Å²) in [5.74, 6) is -3.03. The van der Waals surface area contributed by atoms with E-state index < -0.39 is 54.6 Å². The van der Waals surface area contributed by atoms with Gasteiger partial charge in [-0.15, -0.1) is 0 Å². The summed E-state index contributed by atoms with van der Waals surface area (Å²) in [4.78, 5) is 45.9. The second-order valence-corrected chi connectivity index (χ2v) is 4.91. The number of carbonyl (C=O) groups is 4. The fraction of sp³-hybridized carbons (Fsp3) is 0.714. The number of rotatable bonds is 5. The minimum Gasteiger partial charge on any atom is -0.467 e. The lowest BCUT2D eigenvalue weighted by molar-refractivity contribution is -0.295. The Balaban J connectivity index is 3.24. The molecule has 1 aliphatic rings. The van der Waals surface area contributed by atoms with Crippen LogP contribution in [0.15, 0.2) is 0 Å². The summed E-state index contributed by atoms with van der Waals surface area (Å²) in [5, 5.41) is 0. The summed E-state index contributed by atoms with van der Waals surface area (Å²) in [6, 6.07) is 0. The molecule has 1 rings (SSSR count). The average molecular weight is 348 g/mol. The first-order valence-electron chi connectivity index (χ1n) is 6.99. The highest BCUT2D eigenvalue weighted by atomic mass is 16.7. The van der Waals surface area contributed by atoms with Gasteiger partial charge in [0.25, 0.3) is 0 Å². The Kier molecular flexibility index (Phi) is 7.11. The minimum atomic E-state index is -1.44. The van der Waals surface area contributed by atoms with Crippen LogP contribution in [0.2, 0.25) is 0 Å². The van der Waals surface area contributed by atoms with Crippen LogP contribution in [0.1, 0.15) is 20.8 Å². The third kappa shape index (κ3) is 4.90. The molecule has 1 aliphatic heterocycles. The van der Waals surface area contributed by atoms with Crippen molar-refractivity contribution in [3.63, 3.8) is 0 Å². The second kappa shape index (κ2) is 8.60. The Morgan fingerprint density at radius 3 is 1.67 bits per heavy atom. The number of esters is 4. The lowest BCUT2D eigenvalue weighted by Gasteiger charge is -2.42. The van der Waals surface area contributed by atoms with Crippen LogP contribution in [0.3, 0.4) is 0 Å². The zero-order valence-electron chi connectivity index (χ0n) is 14.0. The number of hydrogen-bond donors (Lipinski definition) is 0.